The first-order valence-electron chi connectivity index (χ1n) is 5.95. The number of benzene rings is 1. The topological polar surface area (TPSA) is 44.4 Å². The van der Waals surface area contributed by atoms with Gasteiger partial charge in [0.25, 0.3) is 0 Å². The average Bonchev–Trinajstić information content (AvgIpc) is 2.35. The molecule has 0 aromatic heterocycles. The van der Waals surface area contributed by atoms with Gasteiger partial charge in [0.05, 0.1) is 0 Å². The lowest BCUT2D eigenvalue weighted by Gasteiger charge is -2.27. The first-order valence-corrected chi connectivity index (χ1v) is 5.95. The Morgan fingerprint density at radius 2 is 2.17 bits per heavy atom. The largest absolute Gasteiger partial charge is 0.336 e. The molecule has 18 heavy (non-hydrogen) atoms. The van der Waals surface area contributed by atoms with E-state index in [0.717, 1.165) is 13.0 Å². The van der Waals surface area contributed by atoms with Crippen LogP contribution in [0.2, 0.25) is 0 Å². The van der Waals surface area contributed by atoms with Gasteiger partial charge in [0.2, 0.25) is 0 Å². The van der Waals surface area contributed by atoms with Gasteiger partial charge in [-0.15, -0.1) is 12.4 Å². The number of carbonyl (C=O) groups is 1. The van der Waals surface area contributed by atoms with Gasteiger partial charge in [-0.05, 0) is 24.1 Å². The highest BCUT2D eigenvalue weighted by molar-refractivity contribution is 5.85. The molecular formula is C13H20ClN3O. The van der Waals surface area contributed by atoms with Crippen LogP contribution < -0.4 is 10.6 Å². The van der Waals surface area contributed by atoms with Crippen LogP contribution in [0.4, 0.5) is 4.79 Å². The smallest absolute Gasteiger partial charge is 0.316 e. The standard InChI is InChI=1S/C13H19N3O.ClH/c1-16(2)13(17)15-9-12-11-6-4-3-5-10(11)7-8-14-12;/h3-6,12,14H,7-9H2,1-2H3,(H,15,17);1H. The SMILES string of the molecule is CN(C)C(=O)NCC1NCCc2ccccc21.Cl. The third kappa shape index (κ3) is 3.37. The summed E-state index contributed by atoms with van der Waals surface area (Å²) in [5, 5.41) is 6.35. The zero-order valence-corrected chi connectivity index (χ0v) is 11.6. The molecule has 1 unspecified atom stereocenters. The molecule has 1 atom stereocenters. The van der Waals surface area contributed by atoms with Gasteiger partial charge in [-0.25, -0.2) is 4.79 Å². The Labute approximate surface area is 114 Å². The van der Waals surface area contributed by atoms with E-state index in [1.807, 2.05) is 6.07 Å². The highest BCUT2D eigenvalue weighted by Crippen LogP contribution is 2.21. The van der Waals surface area contributed by atoms with Crippen molar-refractivity contribution in [3.05, 3.63) is 35.4 Å². The van der Waals surface area contributed by atoms with Crippen molar-refractivity contribution in [3.8, 4) is 0 Å². The maximum atomic E-state index is 11.5. The molecule has 0 fully saturated rings. The molecule has 2 rings (SSSR count). The fourth-order valence-corrected chi connectivity index (χ4v) is 2.12. The minimum absolute atomic E-state index is 0. The molecule has 1 aromatic rings. The summed E-state index contributed by atoms with van der Waals surface area (Å²) in [6, 6.07) is 8.59. The van der Waals surface area contributed by atoms with Crippen molar-refractivity contribution < 1.29 is 4.79 Å². The summed E-state index contributed by atoms with van der Waals surface area (Å²) in [5.41, 5.74) is 2.69. The maximum Gasteiger partial charge on any atom is 0.316 e. The maximum absolute atomic E-state index is 11.5. The van der Waals surface area contributed by atoms with E-state index < -0.39 is 0 Å². The van der Waals surface area contributed by atoms with Crippen molar-refractivity contribution in [2.24, 2.45) is 0 Å². The Hall–Kier alpha value is -1.26. The summed E-state index contributed by atoms with van der Waals surface area (Å²) in [5.74, 6) is 0. The third-order valence-electron chi connectivity index (χ3n) is 3.08. The lowest BCUT2D eigenvalue weighted by Crippen LogP contribution is -2.42. The van der Waals surface area contributed by atoms with E-state index in [2.05, 4.69) is 28.8 Å². The van der Waals surface area contributed by atoms with Crippen molar-refractivity contribution in [2.75, 3.05) is 27.2 Å². The number of nitrogens with zero attached hydrogens (tertiary/aromatic N) is 1. The average molecular weight is 270 g/mol. The lowest BCUT2D eigenvalue weighted by molar-refractivity contribution is 0.216. The van der Waals surface area contributed by atoms with Gasteiger partial charge in [-0.2, -0.15) is 0 Å². The molecular weight excluding hydrogens is 250 g/mol. The van der Waals surface area contributed by atoms with Crippen LogP contribution in [0.1, 0.15) is 17.2 Å². The van der Waals surface area contributed by atoms with Crippen molar-refractivity contribution in [3.63, 3.8) is 0 Å². The number of urea groups is 1. The second-order valence-corrected chi connectivity index (χ2v) is 4.54. The van der Waals surface area contributed by atoms with E-state index in [9.17, 15) is 4.79 Å². The van der Waals surface area contributed by atoms with Gasteiger partial charge in [-0.3, -0.25) is 0 Å². The number of nitrogens with one attached hydrogen (secondary N) is 2. The van der Waals surface area contributed by atoms with Gasteiger partial charge in [0, 0.05) is 26.7 Å². The molecule has 0 saturated carbocycles. The number of carbonyl (C=O) groups excluding carboxylic acids is 1. The van der Waals surface area contributed by atoms with Crippen molar-refractivity contribution in [1.29, 1.82) is 0 Å². The van der Waals surface area contributed by atoms with Gasteiger partial charge in [-0.1, -0.05) is 24.3 Å². The summed E-state index contributed by atoms with van der Waals surface area (Å²) in [7, 11) is 3.50. The summed E-state index contributed by atoms with van der Waals surface area (Å²) in [6.07, 6.45) is 1.06. The van der Waals surface area contributed by atoms with Gasteiger partial charge < -0.3 is 15.5 Å². The van der Waals surface area contributed by atoms with Gasteiger partial charge in [0.1, 0.15) is 0 Å². The zero-order valence-electron chi connectivity index (χ0n) is 10.8. The minimum Gasteiger partial charge on any atom is -0.336 e. The van der Waals surface area contributed by atoms with Crippen LogP contribution in [0, 0.1) is 0 Å². The van der Waals surface area contributed by atoms with E-state index in [1.54, 1.807) is 19.0 Å². The summed E-state index contributed by atoms with van der Waals surface area (Å²) in [6.45, 7) is 1.60. The Bertz CT molecular complexity index is 409. The second-order valence-electron chi connectivity index (χ2n) is 4.54. The van der Waals surface area contributed by atoms with Crippen molar-refractivity contribution in [1.82, 2.24) is 15.5 Å². The third-order valence-corrected chi connectivity index (χ3v) is 3.08. The molecule has 2 N–H and O–H groups in total. The Morgan fingerprint density at radius 1 is 1.44 bits per heavy atom. The summed E-state index contributed by atoms with van der Waals surface area (Å²) < 4.78 is 0. The molecule has 1 heterocycles. The van der Waals surface area contributed by atoms with Crippen LogP contribution >= 0.6 is 12.4 Å². The lowest BCUT2D eigenvalue weighted by atomic mass is 9.94. The molecule has 4 nitrogen and oxygen atoms in total. The molecule has 0 saturated heterocycles. The number of halogens is 1. The molecule has 0 spiro atoms. The van der Waals surface area contributed by atoms with E-state index >= 15 is 0 Å². The molecule has 0 radical (unpaired) electrons. The molecule has 0 bridgehead atoms. The zero-order chi connectivity index (χ0) is 12.3. The summed E-state index contributed by atoms with van der Waals surface area (Å²) in [4.78, 5) is 13.0. The monoisotopic (exact) mass is 269 g/mol. The van der Waals surface area contributed by atoms with Gasteiger partial charge >= 0.3 is 6.03 Å². The predicted octanol–water partition coefficient (Wildman–Crippen LogP) is 1.57. The van der Waals surface area contributed by atoms with Crippen LogP contribution in [0.15, 0.2) is 24.3 Å². The van der Waals surface area contributed by atoms with E-state index in [-0.39, 0.29) is 24.5 Å². The number of amides is 2. The Kier molecular flexibility index (Phi) is 5.44. The second kappa shape index (κ2) is 6.61. The van der Waals surface area contributed by atoms with Crippen molar-refractivity contribution >= 4 is 18.4 Å². The summed E-state index contributed by atoms with van der Waals surface area (Å²) >= 11 is 0. The number of fused-ring (bicyclic) bond motifs is 1. The van der Waals surface area contributed by atoms with E-state index in [4.69, 9.17) is 0 Å². The quantitative estimate of drug-likeness (QED) is 0.856. The molecule has 0 aliphatic carbocycles. The van der Waals surface area contributed by atoms with E-state index in [0.29, 0.717) is 6.54 Å². The van der Waals surface area contributed by atoms with Crippen LogP contribution in [0.5, 0.6) is 0 Å². The number of hydrogen-bond donors (Lipinski definition) is 2. The fraction of sp³-hybridized carbons (Fsp3) is 0.462. The molecule has 5 heteroatoms. The molecule has 1 aromatic carbocycles. The molecule has 1 aliphatic heterocycles. The molecule has 1 aliphatic rings. The van der Waals surface area contributed by atoms with Crippen LogP contribution in [-0.2, 0) is 6.42 Å². The first kappa shape index (κ1) is 14.8. The molecule has 100 valence electrons. The highest BCUT2D eigenvalue weighted by atomic mass is 35.5. The van der Waals surface area contributed by atoms with Crippen LogP contribution in [-0.4, -0.2) is 38.1 Å². The Balaban J connectivity index is 0.00000162. The van der Waals surface area contributed by atoms with Gasteiger partial charge in [0.15, 0.2) is 0 Å². The fourth-order valence-electron chi connectivity index (χ4n) is 2.12. The van der Waals surface area contributed by atoms with Crippen LogP contribution in [0.25, 0.3) is 0 Å². The number of hydrogen-bond acceptors (Lipinski definition) is 2. The first-order chi connectivity index (χ1) is 8.18. The van der Waals surface area contributed by atoms with E-state index in [1.165, 1.54) is 11.1 Å². The number of rotatable bonds is 2. The predicted molar refractivity (Wildman–Crippen MR) is 75.2 cm³/mol. The highest BCUT2D eigenvalue weighted by Gasteiger charge is 2.19. The van der Waals surface area contributed by atoms with Crippen LogP contribution in [0.3, 0.4) is 0 Å². The van der Waals surface area contributed by atoms with Crippen molar-refractivity contribution in [2.45, 2.75) is 12.5 Å². The minimum atomic E-state index is -0.0464. The molecule has 2 amide bonds. The Morgan fingerprint density at radius 3 is 2.89 bits per heavy atom. The normalized spacial score (nSPS) is 17.3.